The van der Waals surface area contributed by atoms with E-state index in [1.165, 1.54) is 36.4 Å². The number of hydrogen-bond acceptors (Lipinski definition) is 6. The van der Waals surface area contributed by atoms with E-state index in [1.54, 1.807) is 30.6 Å². The Kier molecular flexibility index (Phi) is 6.99. The lowest BCUT2D eigenvalue weighted by Gasteiger charge is -2.19. The maximum Gasteiger partial charge on any atom is 0.242 e. The summed E-state index contributed by atoms with van der Waals surface area (Å²) in [4.78, 5) is 22.3. The summed E-state index contributed by atoms with van der Waals surface area (Å²) in [6, 6.07) is 12.7. The van der Waals surface area contributed by atoms with E-state index >= 15 is 0 Å². The first-order valence-electron chi connectivity index (χ1n) is 8.80. The fourth-order valence-corrected chi connectivity index (χ4v) is 4.58. The van der Waals surface area contributed by atoms with Crippen molar-refractivity contribution in [2.45, 2.75) is 0 Å². The van der Waals surface area contributed by atoms with Crippen LogP contribution < -0.4 is 4.90 Å². The number of halogens is 1. The molecule has 0 saturated carbocycles. The Hall–Kier alpha value is -2.59. The number of thiazole rings is 1. The predicted octanol–water partition coefficient (Wildman–Crippen LogP) is 3.75. The van der Waals surface area contributed by atoms with Crippen molar-refractivity contribution in [3.05, 3.63) is 71.0 Å². The molecule has 0 atom stereocenters. The summed E-state index contributed by atoms with van der Waals surface area (Å²) >= 11 is 7.45. The molecule has 2 aromatic heterocycles. The number of benzene rings is 1. The van der Waals surface area contributed by atoms with Gasteiger partial charge in [0.15, 0.2) is 5.15 Å². The molecule has 0 radical (unpaired) electrons. The fraction of sp³-hybridized carbons (Fsp3) is 0.150. The maximum absolute atomic E-state index is 12.7. The van der Waals surface area contributed by atoms with Crippen LogP contribution in [-0.2, 0) is 14.8 Å². The van der Waals surface area contributed by atoms with Crippen LogP contribution in [0.25, 0.3) is 16.6 Å². The highest BCUT2D eigenvalue weighted by atomic mass is 35.5. The van der Waals surface area contributed by atoms with Crippen molar-refractivity contribution >= 4 is 49.9 Å². The number of rotatable bonds is 7. The van der Waals surface area contributed by atoms with Crippen LogP contribution in [0.1, 0.15) is 5.56 Å². The number of anilines is 1. The van der Waals surface area contributed by atoms with Crippen molar-refractivity contribution in [3.8, 4) is 10.6 Å². The predicted molar refractivity (Wildman–Crippen MR) is 121 cm³/mol. The Morgan fingerprint density at radius 1 is 1.17 bits per heavy atom. The van der Waals surface area contributed by atoms with Crippen LogP contribution in [0, 0.1) is 0 Å². The van der Waals surface area contributed by atoms with E-state index in [4.69, 9.17) is 11.6 Å². The first-order valence-corrected chi connectivity index (χ1v) is 11.5. The molecule has 0 saturated heterocycles. The number of sulfonamides is 1. The molecule has 0 fully saturated rings. The number of carbonyl (C=O) groups is 1. The Labute approximate surface area is 184 Å². The van der Waals surface area contributed by atoms with Crippen LogP contribution in [0.2, 0.25) is 5.15 Å². The normalized spacial score (nSPS) is 11.9. The molecule has 7 nitrogen and oxygen atoms in total. The molecule has 30 heavy (non-hydrogen) atoms. The molecular weight excluding hydrogens is 444 g/mol. The topological polar surface area (TPSA) is 83.5 Å². The zero-order chi connectivity index (χ0) is 21.7. The van der Waals surface area contributed by atoms with Gasteiger partial charge in [-0.1, -0.05) is 53.3 Å². The van der Waals surface area contributed by atoms with Crippen molar-refractivity contribution in [1.29, 1.82) is 0 Å². The minimum Gasteiger partial charge on any atom is -0.303 e. The summed E-state index contributed by atoms with van der Waals surface area (Å²) in [6.45, 7) is -0.339. The van der Waals surface area contributed by atoms with Gasteiger partial charge in [0.25, 0.3) is 0 Å². The Balaban J connectivity index is 1.71. The molecular formula is C20H19ClN4O3S2. The molecule has 1 aromatic carbocycles. The van der Waals surface area contributed by atoms with Gasteiger partial charge in [-0.2, -0.15) is 4.31 Å². The standard InChI is InChI=1S/C20H19ClN4O3S2/c1-24(30(27,28)12-10-15-7-4-3-5-8-15)14-17(26)25(2)20-18(21)23-19(29-20)16-9-6-11-22-13-16/h3-13H,14H2,1-2H3/b12-10+. The fourth-order valence-electron chi connectivity index (χ4n) is 2.45. The average Bonchev–Trinajstić information content (AvgIpc) is 3.14. The average molecular weight is 463 g/mol. The summed E-state index contributed by atoms with van der Waals surface area (Å²) in [5.41, 5.74) is 1.53. The van der Waals surface area contributed by atoms with Crippen LogP contribution in [0.5, 0.6) is 0 Å². The minimum atomic E-state index is -3.77. The first kappa shape index (κ1) is 22.1. The number of hydrogen-bond donors (Lipinski definition) is 0. The van der Waals surface area contributed by atoms with E-state index < -0.39 is 15.9 Å². The molecule has 0 N–H and O–H groups in total. The van der Waals surface area contributed by atoms with Gasteiger partial charge in [-0.15, -0.1) is 0 Å². The van der Waals surface area contributed by atoms with Crippen molar-refractivity contribution in [2.24, 2.45) is 0 Å². The van der Waals surface area contributed by atoms with E-state index in [1.807, 2.05) is 24.3 Å². The third-order valence-electron chi connectivity index (χ3n) is 4.18. The molecule has 0 spiro atoms. The quantitative estimate of drug-likeness (QED) is 0.534. The second kappa shape index (κ2) is 9.48. The van der Waals surface area contributed by atoms with E-state index in [0.29, 0.717) is 10.0 Å². The summed E-state index contributed by atoms with van der Waals surface area (Å²) in [7, 11) is -0.876. The highest BCUT2D eigenvalue weighted by Crippen LogP contribution is 2.36. The molecule has 156 valence electrons. The number of aromatic nitrogens is 2. The zero-order valence-corrected chi connectivity index (χ0v) is 18.7. The smallest absolute Gasteiger partial charge is 0.242 e. The summed E-state index contributed by atoms with van der Waals surface area (Å²) < 4.78 is 25.9. The van der Waals surface area contributed by atoms with Crippen LogP contribution in [0.4, 0.5) is 5.00 Å². The molecule has 0 aliphatic rings. The van der Waals surface area contributed by atoms with E-state index in [2.05, 4.69) is 9.97 Å². The summed E-state index contributed by atoms with van der Waals surface area (Å²) in [6.07, 6.45) is 4.79. The lowest BCUT2D eigenvalue weighted by molar-refractivity contribution is -0.118. The zero-order valence-electron chi connectivity index (χ0n) is 16.3. The molecule has 0 aliphatic heterocycles. The van der Waals surface area contributed by atoms with Gasteiger partial charge in [-0.25, -0.2) is 13.4 Å². The first-order chi connectivity index (χ1) is 14.3. The maximum atomic E-state index is 12.7. The molecule has 3 aromatic rings. The second-order valence-electron chi connectivity index (χ2n) is 6.32. The van der Waals surface area contributed by atoms with Crippen molar-refractivity contribution < 1.29 is 13.2 Å². The van der Waals surface area contributed by atoms with Crippen LogP contribution in [0.15, 0.2) is 60.3 Å². The number of amides is 1. The summed E-state index contributed by atoms with van der Waals surface area (Å²) in [5.74, 6) is -0.433. The van der Waals surface area contributed by atoms with Gasteiger partial charge in [0.05, 0.1) is 6.54 Å². The minimum absolute atomic E-state index is 0.171. The van der Waals surface area contributed by atoms with Gasteiger partial charge >= 0.3 is 0 Å². The van der Waals surface area contributed by atoms with Gasteiger partial charge in [0.1, 0.15) is 10.0 Å². The Morgan fingerprint density at radius 2 is 1.90 bits per heavy atom. The Bertz CT molecular complexity index is 1150. The highest BCUT2D eigenvalue weighted by molar-refractivity contribution is 7.92. The SMILES string of the molecule is CN(C(=O)CN(C)S(=O)(=O)/C=C/c1ccccc1)c1sc(-c2cccnc2)nc1Cl. The van der Waals surface area contributed by atoms with Crippen LogP contribution in [0.3, 0.4) is 0 Å². The lowest BCUT2D eigenvalue weighted by Crippen LogP contribution is -2.38. The molecule has 2 heterocycles. The van der Waals surface area contributed by atoms with E-state index in [9.17, 15) is 13.2 Å². The second-order valence-corrected chi connectivity index (χ2v) is 9.58. The third-order valence-corrected chi connectivity index (χ3v) is 7.22. The molecule has 3 rings (SSSR count). The van der Waals surface area contributed by atoms with Gasteiger partial charge in [0, 0.05) is 37.5 Å². The van der Waals surface area contributed by atoms with Crippen molar-refractivity contribution in [3.63, 3.8) is 0 Å². The van der Waals surface area contributed by atoms with Crippen molar-refractivity contribution in [1.82, 2.24) is 14.3 Å². The molecule has 1 amide bonds. The van der Waals surface area contributed by atoms with Crippen LogP contribution in [-0.4, -0.2) is 49.2 Å². The van der Waals surface area contributed by atoms with E-state index in [-0.39, 0.29) is 11.7 Å². The molecule has 10 heteroatoms. The Morgan fingerprint density at radius 3 is 2.57 bits per heavy atom. The highest BCUT2D eigenvalue weighted by Gasteiger charge is 2.24. The lowest BCUT2D eigenvalue weighted by atomic mass is 10.2. The van der Waals surface area contributed by atoms with Crippen LogP contribution >= 0.6 is 22.9 Å². The van der Waals surface area contributed by atoms with E-state index in [0.717, 1.165) is 20.8 Å². The van der Waals surface area contributed by atoms with Gasteiger partial charge in [-0.05, 0) is 23.8 Å². The largest absolute Gasteiger partial charge is 0.303 e. The summed E-state index contributed by atoms with van der Waals surface area (Å²) in [5, 5.41) is 2.31. The number of carbonyl (C=O) groups excluding carboxylic acids is 1. The molecule has 0 unspecified atom stereocenters. The monoisotopic (exact) mass is 462 g/mol. The number of nitrogens with zero attached hydrogens (tertiary/aromatic N) is 4. The number of likely N-dealkylation sites (N-methyl/N-ethyl adjacent to an activating group) is 2. The van der Waals surface area contributed by atoms with Gasteiger partial charge in [-0.3, -0.25) is 9.78 Å². The third kappa shape index (κ3) is 5.31. The van der Waals surface area contributed by atoms with Gasteiger partial charge < -0.3 is 4.90 Å². The van der Waals surface area contributed by atoms with Crippen molar-refractivity contribution in [2.75, 3.05) is 25.5 Å². The molecule has 0 aliphatic carbocycles. The van der Waals surface area contributed by atoms with Gasteiger partial charge in [0.2, 0.25) is 15.9 Å². The molecule has 0 bridgehead atoms. The number of pyridine rings is 1.